The molecule has 2 fully saturated rings. The Balaban J connectivity index is 1.73. The summed E-state index contributed by atoms with van der Waals surface area (Å²) in [6.07, 6.45) is 9.50. The van der Waals surface area contributed by atoms with Gasteiger partial charge in [0.25, 0.3) is 0 Å². The second-order valence-corrected chi connectivity index (χ2v) is 5.78. The molecule has 0 unspecified atom stereocenters. The lowest BCUT2D eigenvalue weighted by molar-refractivity contribution is 0.208. The Labute approximate surface area is 96.2 Å². The number of rotatable bonds is 1. The number of fused-ring (bicyclic) bond motifs is 2. The first-order chi connectivity index (χ1) is 7.87. The van der Waals surface area contributed by atoms with Gasteiger partial charge in [-0.2, -0.15) is 5.10 Å². The smallest absolute Gasteiger partial charge is 0.125 e. The van der Waals surface area contributed by atoms with E-state index in [0.717, 1.165) is 12.5 Å². The van der Waals surface area contributed by atoms with Gasteiger partial charge in [0.2, 0.25) is 0 Å². The minimum absolute atomic E-state index is 0.334. The molecule has 86 valence electrons. The Morgan fingerprint density at radius 3 is 2.81 bits per heavy atom. The fourth-order valence-corrected chi connectivity index (χ4v) is 3.39. The maximum atomic E-state index is 4.88. The highest BCUT2D eigenvalue weighted by atomic mass is 15.4. The highest BCUT2D eigenvalue weighted by molar-refractivity contribution is 5.44. The summed E-state index contributed by atoms with van der Waals surface area (Å²) < 4.78 is 2.33. The lowest BCUT2D eigenvalue weighted by Crippen LogP contribution is -2.37. The van der Waals surface area contributed by atoms with Gasteiger partial charge in [-0.1, -0.05) is 19.3 Å². The van der Waals surface area contributed by atoms with Crippen molar-refractivity contribution in [3.8, 4) is 0 Å². The van der Waals surface area contributed by atoms with Crippen molar-refractivity contribution in [2.75, 3.05) is 11.9 Å². The Bertz CT molecular complexity index is 411. The second-order valence-electron chi connectivity index (χ2n) is 5.78. The molecular formula is C13H19N3. The van der Waals surface area contributed by atoms with Crippen molar-refractivity contribution in [2.24, 2.45) is 0 Å². The Hall–Kier alpha value is -0.990. The number of hydrogen-bond acceptors (Lipinski definition) is 2. The molecule has 3 aliphatic rings. The van der Waals surface area contributed by atoms with Gasteiger partial charge in [-0.3, -0.25) is 0 Å². The van der Waals surface area contributed by atoms with E-state index in [1.165, 1.54) is 56.5 Å². The number of anilines is 1. The average Bonchev–Trinajstić information content (AvgIpc) is 3.00. The normalized spacial score (nSPS) is 26.8. The molecule has 2 saturated carbocycles. The van der Waals surface area contributed by atoms with E-state index in [2.05, 4.69) is 16.1 Å². The van der Waals surface area contributed by atoms with Gasteiger partial charge in [0.15, 0.2) is 0 Å². The lowest BCUT2D eigenvalue weighted by Gasteiger charge is -2.33. The molecular weight excluding hydrogens is 198 g/mol. The van der Waals surface area contributed by atoms with E-state index in [-0.39, 0.29) is 0 Å². The number of nitrogens with one attached hydrogen (secondary N) is 1. The van der Waals surface area contributed by atoms with E-state index in [4.69, 9.17) is 5.10 Å². The van der Waals surface area contributed by atoms with Gasteiger partial charge in [0.05, 0.1) is 11.2 Å². The largest absolute Gasteiger partial charge is 0.368 e. The lowest BCUT2D eigenvalue weighted by atomic mass is 9.82. The molecule has 1 N–H and O–H groups in total. The predicted octanol–water partition coefficient (Wildman–Crippen LogP) is 2.85. The van der Waals surface area contributed by atoms with Crippen molar-refractivity contribution in [3.05, 3.63) is 11.8 Å². The summed E-state index contributed by atoms with van der Waals surface area (Å²) in [4.78, 5) is 0. The van der Waals surface area contributed by atoms with E-state index < -0.39 is 0 Å². The van der Waals surface area contributed by atoms with Gasteiger partial charge in [0, 0.05) is 18.5 Å². The van der Waals surface area contributed by atoms with Crippen molar-refractivity contribution < 1.29 is 0 Å². The van der Waals surface area contributed by atoms with Crippen LogP contribution in [0.3, 0.4) is 0 Å². The van der Waals surface area contributed by atoms with Gasteiger partial charge in [-0.25, -0.2) is 4.68 Å². The summed E-state index contributed by atoms with van der Waals surface area (Å²) in [5.41, 5.74) is 1.67. The summed E-state index contributed by atoms with van der Waals surface area (Å²) in [7, 11) is 0. The fraction of sp³-hybridized carbons (Fsp3) is 0.769. The minimum atomic E-state index is 0.334. The second kappa shape index (κ2) is 3.02. The molecule has 0 saturated heterocycles. The molecule has 0 radical (unpaired) electrons. The van der Waals surface area contributed by atoms with Crippen molar-refractivity contribution in [2.45, 2.75) is 56.4 Å². The summed E-state index contributed by atoms with van der Waals surface area (Å²) in [6, 6.07) is 2.29. The van der Waals surface area contributed by atoms with Gasteiger partial charge < -0.3 is 5.32 Å². The Morgan fingerprint density at radius 1 is 1.25 bits per heavy atom. The molecule has 16 heavy (non-hydrogen) atoms. The van der Waals surface area contributed by atoms with Gasteiger partial charge >= 0.3 is 0 Å². The highest BCUT2D eigenvalue weighted by Crippen LogP contribution is 2.45. The molecule has 3 heteroatoms. The number of hydrogen-bond donors (Lipinski definition) is 1. The number of nitrogens with zero attached hydrogens (tertiary/aromatic N) is 2. The Kier molecular flexibility index (Phi) is 1.72. The van der Waals surface area contributed by atoms with Crippen LogP contribution >= 0.6 is 0 Å². The molecule has 4 rings (SSSR count). The van der Waals surface area contributed by atoms with E-state index in [1.807, 2.05) is 0 Å². The molecule has 0 aromatic carbocycles. The quantitative estimate of drug-likeness (QED) is 0.784. The van der Waals surface area contributed by atoms with Crippen molar-refractivity contribution >= 4 is 5.82 Å². The molecule has 0 amide bonds. The molecule has 1 aromatic rings. The van der Waals surface area contributed by atoms with Crippen LogP contribution in [0.2, 0.25) is 0 Å². The average molecular weight is 217 g/mol. The molecule has 0 bridgehead atoms. The van der Waals surface area contributed by atoms with Crippen molar-refractivity contribution in [1.82, 2.24) is 9.78 Å². The molecule has 1 spiro atoms. The van der Waals surface area contributed by atoms with Crippen molar-refractivity contribution in [3.63, 3.8) is 0 Å². The molecule has 0 atom stereocenters. The van der Waals surface area contributed by atoms with Gasteiger partial charge in [-0.15, -0.1) is 0 Å². The summed E-state index contributed by atoms with van der Waals surface area (Å²) in [5.74, 6) is 2.06. The van der Waals surface area contributed by atoms with Crippen LogP contribution in [0.4, 0.5) is 5.82 Å². The first-order valence-corrected chi connectivity index (χ1v) is 6.72. The maximum Gasteiger partial charge on any atom is 0.125 e. The highest BCUT2D eigenvalue weighted by Gasteiger charge is 2.41. The minimum Gasteiger partial charge on any atom is -0.368 e. The monoisotopic (exact) mass is 217 g/mol. The van der Waals surface area contributed by atoms with Crippen LogP contribution in [0.25, 0.3) is 0 Å². The van der Waals surface area contributed by atoms with Crippen LogP contribution < -0.4 is 5.32 Å². The first-order valence-electron chi connectivity index (χ1n) is 6.72. The molecule has 1 aromatic heterocycles. The van der Waals surface area contributed by atoms with Crippen LogP contribution in [0.1, 0.15) is 56.6 Å². The van der Waals surface area contributed by atoms with Crippen LogP contribution in [0.5, 0.6) is 0 Å². The van der Waals surface area contributed by atoms with E-state index in [9.17, 15) is 0 Å². The van der Waals surface area contributed by atoms with Crippen LogP contribution in [-0.2, 0) is 5.54 Å². The van der Waals surface area contributed by atoms with E-state index >= 15 is 0 Å². The zero-order valence-corrected chi connectivity index (χ0v) is 9.71. The van der Waals surface area contributed by atoms with Gasteiger partial charge in [-0.05, 0) is 25.7 Å². The Morgan fingerprint density at radius 2 is 2.06 bits per heavy atom. The molecule has 2 heterocycles. The topological polar surface area (TPSA) is 29.9 Å². The predicted molar refractivity (Wildman–Crippen MR) is 63.8 cm³/mol. The molecule has 3 nitrogen and oxygen atoms in total. The SMILES string of the molecule is c1c(C2CC2)nn2c1NCC21CCCCC1. The third-order valence-corrected chi connectivity index (χ3v) is 4.56. The number of aromatic nitrogens is 2. The summed E-state index contributed by atoms with van der Waals surface area (Å²) >= 11 is 0. The van der Waals surface area contributed by atoms with Crippen LogP contribution in [0, 0.1) is 0 Å². The van der Waals surface area contributed by atoms with Gasteiger partial charge in [0.1, 0.15) is 5.82 Å². The van der Waals surface area contributed by atoms with Crippen LogP contribution in [-0.4, -0.2) is 16.3 Å². The van der Waals surface area contributed by atoms with Crippen LogP contribution in [0.15, 0.2) is 6.07 Å². The summed E-state index contributed by atoms with van der Waals surface area (Å²) in [5, 5.41) is 8.45. The maximum absolute atomic E-state index is 4.88. The van der Waals surface area contributed by atoms with E-state index in [1.54, 1.807) is 0 Å². The molecule has 2 aliphatic carbocycles. The van der Waals surface area contributed by atoms with E-state index in [0.29, 0.717) is 5.54 Å². The molecule has 1 aliphatic heterocycles. The fourth-order valence-electron chi connectivity index (χ4n) is 3.39. The summed E-state index contributed by atoms with van der Waals surface area (Å²) in [6.45, 7) is 1.11. The third-order valence-electron chi connectivity index (χ3n) is 4.56. The zero-order chi connectivity index (χ0) is 10.6. The first kappa shape index (κ1) is 9.08. The third kappa shape index (κ3) is 1.17. The standard InChI is InChI=1S/C13H19N3/c1-2-6-13(7-3-1)9-14-12-8-11(10-4-5-10)15-16(12)13/h8,10,14H,1-7,9H2. The van der Waals surface area contributed by atoms with Crippen molar-refractivity contribution in [1.29, 1.82) is 0 Å². The zero-order valence-electron chi connectivity index (χ0n) is 9.71.